The van der Waals surface area contributed by atoms with Crippen LogP contribution in [0.1, 0.15) is 16.8 Å². The molecule has 0 aliphatic carbocycles. The summed E-state index contributed by atoms with van der Waals surface area (Å²) in [6.45, 7) is 3.53. The number of nitrogens with one attached hydrogen (secondary N) is 3. The van der Waals surface area contributed by atoms with E-state index in [9.17, 15) is 13.2 Å². The zero-order chi connectivity index (χ0) is 24.5. The van der Waals surface area contributed by atoms with Gasteiger partial charge in [-0.2, -0.15) is 13.2 Å². The topological polar surface area (TPSA) is 78.0 Å². The van der Waals surface area contributed by atoms with Crippen molar-refractivity contribution >= 4 is 40.3 Å². The van der Waals surface area contributed by atoms with Crippen LogP contribution >= 0.6 is 12.2 Å². The zero-order valence-corrected chi connectivity index (χ0v) is 19.7. The molecule has 3 N–H and O–H groups in total. The number of fused-ring (bicyclic) bond motifs is 3. The molecule has 0 bridgehead atoms. The molecule has 0 saturated heterocycles. The van der Waals surface area contributed by atoms with Gasteiger partial charge >= 0.3 is 6.18 Å². The van der Waals surface area contributed by atoms with E-state index in [0.29, 0.717) is 28.6 Å². The Balaban J connectivity index is 1.61. The number of rotatable bonds is 6. The van der Waals surface area contributed by atoms with Crippen LogP contribution in [0.4, 0.5) is 36.3 Å². The molecule has 0 spiro atoms. The van der Waals surface area contributed by atoms with Gasteiger partial charge in [0.2, 0.25) is 5.95 Å². The Morgan fingerprint density at radius 1 is 1.15 bits per heavy atom. The summed E-state index contributed by atoms with van der Waals surface area (Å²) in [6, 6.07) is 7.27. The second-order valence-electron chi connectivity index (χ2n) is 8.24. The number of aromatic nitrogens is 3. The van der Waals surface area contributed by atoms with Crippen LogP contribution < -0.4 is 16.0 Å². The maximum atomic E-state index is 13.2. The number of halogens is 3. The summed E-state index contributed by atoms with van der Waals surface area (Å²) in [5.74, 6) is 1.08. The number of benzene rings is 1. The van der Waals surface area contributed by atoms with Crippen LogP contribution in [0.15, 0.2) is 36.5 Å². The molecule has 0 atom stereocenters. The lowest BCUT2D eigenvalue weighted by Crippen LogP contribution is -2.21. The first-order chi connectivity index (χ1) is 16.1. The predicted octanol–water partition coefficient (Wildman–Crippen LogP) is 4.88. The molecule has 0 unspecified atom stereocenters. The molecule has 0 radical (unpaired) electrons. The van der Waals surface area contributed by atoms with Gasteiger partial charge in [0.15, 0.2) is 0 Å². The second-order valence-corrected chi connectivity index (χ2v) is 8.73. The summed E-state index contributed by atoms with van der Waals surface area (Å²) in [6.07, 6.45) is -2.48. The molecule has 34 heavy (non-hydrogen) atoms. The van der Waals surface area contributed by atoms with E-state index in [2.05, 4.69) is 35.8 Å². The molecule has 1 aliphatic heterocycles. The first kappa shape index (κ1) is 23.8. The number of anilines is 4. The van der Waals surface area contributed by atoms with E-state index in [0.717, 1.165) is 48.0 Å². The third kappa shape index (κ3) is 5.42. The first-order valence-electron chi connectivity index (χ1n) is 10.6. The van der Waals surface area contributed by atoms with E-state index in [-0.39, 0.29) is 5.69 Å². The minimum atomic E-state index is -4.45. The van der Waals surface area contributed by atoms with E-state index in [1.807, 2.05) is 33.2 Å². The Labute approximate surface area is 200 Å². The molecule has 7 nitrogen and oxygen atoms in total. The zero-order valence-electron chi connectivity index (χ0n) is 18.9. The summed E-state index contributed by atoms with van der Waals surface area (Å²) in [5.41, 5.74) is 2.80. The van der Waals surface area contributed by atoms with Gasteiger partial charge in [0.1, 0.15) is 5.82 Å². The van der Waals surface area contributed by atoms with Gasteiger partial charge in [-0.1, -0.05) is 18.3 Å². The van der Waals surface area contributed by atoms with Gasteiger partial charge in [-0.25, -0.2) is 15.0 Å². The fourth-order valence-corrected chi connectivity index (χ4v) is 3.81. The second kappa shape index (κ2) is 9.51. The van der Waals surface area contributed by atoms with Crippen molar-refractivity contribution in [1.29, 1.82) is 0 Å². The highest BCUT2D eigenvalue weighted by Gasteiger charge is 2.32. The number of likely N-dealkylation sites (N-methyl/N-ethyl adjacent to an activating group) is 1. The Hall–Kier alpha value is -3.31. The third-order valence-corrected chi connectivity index (χ3v) is 5.54. The molecule has 0 fully saturated rings. The Kier molecular flexibility index (Phi) is 6.67. The fourth-order valence-electron chi connectivity index (χ4n) is 3.55. The molecule has 1 aliphatic rings. The molecule has 3 aromatic rings. The summed E-state index contributed by atoms with van der Waals surface area (Å²) < 4.78 is 39.7. The van der Waals surface area contributed by atoms with Crippen molar-refractivity contribution in [3.63, 3.8) is 0 Å². The van der Waals surface area contributed by atoms with Crippen LogP contribution in [0.25, 0.3) is 11.3 Å². The van der Waals surface area contributed by atoms with Crippen LogP contribution in [0, 0.1) is 6.92 Å². The van der Waals surface area contributed by atoms with Crippen molar-refractivity contribution in [3.05, 3.63) is 53.3 Å². The molecule has 178 valence electrons. The average Bonchev–Trinajstić information content (AvgIpc) is 2.89. The predicted molar refractivity (Wildman–Crippen MR) is 132 cm³/mol. The normalized spacial score (nSPS) is 13.1. The average molecular weight is 488 g/mol. The molecule has 1 aromatic carbocycles. The van der Waals surface area contributed by atoms with Crippen molar-refractivity contribution in [3.8, 4) is 11.3 Å². The minimum Gasteiger partial charge on any atom is -0.369 e. The summed E-state index contributed by atoms with van der Waals surface area (Å²) >= 11 is 5.31. The molecular weight excluding hydrogens is 463 g/mol. The van der Waals surface area contributed by atoms with E-state index in [1.54, 1.807) is 6.20 Å². The lowest BCUT2D eigenvalue weighted by Gasteiger charge is -2.14. The van der Waals surface area contributed by atoms with Crippen LogP contribution in [-0.4, -0.2) is 52.0 Å². The van der Waals surface area contributed by atoms with Gasteiger partial charge in [0, 0.05) is 42.5 Å². The molecule has 0 amide bonds. The minimum absolute atomic E-state index is 0.272. The van der Waals surface area contributed by atoms with Crippen molar-refractivity contribution in [2.45, 2.75) is 19.5 Å². The monoisotopic (exact) mass is 487 g/mol. The van der Waals surface area contributed by atoms with Crippen molar-refractivity contribution in [2.24, 2.45) is 0 Å². The molecule has 2 aromatic heterocycles. The van der Waals surface area contributed by atoms with Gasteiger partial charge in [-0.15, -0.1) is 0 Å². The largest absolute Gasteiger partial charge is 0.416 e. The Bertz CT molecular complexity index is 1230. The van der Waals surface area contributed by atoms with E-state index in [1.165, 1.54) is 6.07 Å². The summed E-state index contributed by atoms with van der Waals surface area (Å²) in [7, 11) is 4.01. The molecule has 0 saturated carbocycles. The lowest BCUT2D eigenvalue weighted by molar-refractivity contribution is -0.137. The number of nitrogens with zero attached hydrogens (tertiary/aromatic N) is 4. The van der Waals surface area contributed by atoms with Crippen LogP contribution in [0.3, 0.4) is 0 Å². The lowest BCUT2D eigenvalue weighted by atomic mass is 10.0. The highest BCUT2D eigenvalue weighted by molar-refractivity contribution is 7.80. The highest BCUT2D eigenvalue weighted by atomic mass is 32.1. The van der Waals surface area contributed by atoms with Crippen LogP contribution in [-0.2, 0) is 12.6 Å². The highest BCUT2D eigenvalue weighted by Crippen LogP contribution is 2.38. The van der Waals surface area contributed by atoms with Gasteiger partial charge in [0.25, 0.3) is 0 Å². The maximum Gasteiger partial charge on any atom is 0.416 e. The SMILES string of the molecule is Cc1nc(NCCN(C)C)ccc1Nc1ncc2c(n1)-c1ccc(C(F)(F)F)cc1NC(=S)C2. The number of hydrogen-bond acceptors (Lipinski definition) is 7. The standard InChI is InChI=1S/C23H24F3N7S/c1-13-17(6-7-19(29-13)27-8-9-33(2)3)31-22-28-12-14-10-20(34)30-18-11-15(23(24,25)26)4-5-16(18)21(14)32-22/h4-7,11-12H,8-10H2,1-3H3,(H,27,29)(H,30,34)(H,28,31,32). The number of hydrogen-bond donors (Lipinski definition) is 3. The summed E-state index contributed by atoms with van der Waals surface area (Å²) in [5, 5.41) is 9.36. The molecule has 11 heteroatoms. The smallest absolute Gasteiger partial charge is 0.369 e. The number of alkyl halides is 3. The number of thiocarbonyl (C=S) groups is 1. The molecular formula is C23H24F3N7S. The Morgan fingerprint density at radius 3 is 2.65 bits per heavy atom. The number of pyridine rings is 1. The fraction of sp³-hybridized carbons (Fsp3) is 0.304. The molecule has 4 rings (SSSR count). The Morgan fingerprint density at radius 2 is 1.94 bits per heavy atom. The van der Waals surface area contributed by atoms with E-state index >= 15 is 0 Å². The summed E-state index contributed by atoms with van der Waals surface area (Å²) in [4.78, 5) is 16.1. The van der Waals surface area contributed by atoms with Crippen molar-refractivity contribution in [1.82, 2.24) is 19.9 Å². The number of aryl methyl sites for hydroxylation is 1. The third-order valence-electron chi connectivity index (χ3n) is 5.29. The van der Waals surface area contributed by atoms with Crippen molar-refractivity contribution in [2.75, 3.05) is 43.1 Å². The quantitative estimate of drug-likeness (QED) is 0.425. The van der Waals surface area contributed by atoms with Gasteiger partial charge in [0.05, 0.1) is 27.6 Å². The first-order valence-corrected chi connectivity index (χ1v) is 11.0. The maximum absolute atomic E-state index is 13.2. The molecule has 3 heterocycles. The van der Waals surface area contributed by atoms with E-state index in [4.69, 9.17) is 12.2 Å². The van der Waals surface area contributed by atoms with Gasteiger partial charge in [-0.3, -0.25) is 0 Å². The van der Waals surface area contributed by atoms with Crippen LogP contribution in [0.5, 0.6) is 0 Å². The van der Waals surface area contributed by atoms with Gasteiger partial charge < -0.3 is 20.9 Å². The van der Waals surface area contributed by atoms with Gasteiger partial charge in [-0.05, 0) is 45.3 Å². The van der Waals surface area contributed by atoms with E-state index < -0.39 is 11.7 Å². The van der Waals surface area contributed by atoms with Crippen molar-refractivity contribution < 1.29 is 13.2 Å². The van der Waals surface area contributed by atoms with Crippen LogP contribution in [0.2, 0.25) is 0 Å².